The molecule has 0 amide bonds. The molecule has 1 heterocycles. The molecular formula is C9H5F5N2O. The lowest BCUT2D eigenvalue weighted by atomic mass is 10.0. The second-order valence-electron chi connectivity index (χ2n) is 2.98. The van der Waals surface area contributed by atoms with Crippen LogP contribution in [-0.2, 0) is 12.8 Å². The number of aliphatic hydroxyl groups excluding tert-OH is 1. The van der Waals surface area contributed by atoms with Crippen molar-refractivity contribution in [3.8, 4) is 6.07 Å². The maximum atomic E-state index is 12.6. The summed E-state index contributed by atoms with van der Waals surface area (Å²) in [5.74, 6) is 0. The number of hydrogen-bond acceptors (Lipinski definition) is 3. The fraction of sp³-hybridized carbons (Fsp3) is 0.333. The van der Waals surface area contributed by atoms with Crippen molar-refractivity contribution in [1.82, 2.24) is 4.98 Å². The highest BCUT2D eigenvalue weighted by Gasteiger charge is 2.38. The van der Waals surface area contributed by atoms with Crippen molar-refractivity contribution in [3.63, 3.8) is 0 Å². The molecule has 0 spiro atoms. The van der Waals surface area contributed by atoms with E-state index in [9.17, 15) is 22.0 Å². The Balaban J connectivity index is 3.63. The van der Waals surface area contributed by atoms with Gasteiger partial charge in [0.25, 0.3) is 6.43 Å². The number of pyridine rings is 1. The summed E-state index contributed by atoms with van der Waals surface area (Å²) in [6.07, 6.45) is -7.84. The van der Waals surface area contributed by atoms with Gasteiger partial charge in [0.2, 0.25) is 0 Å². The van der Waals surface area contributed by atoms with Crippen LogP contribution in [0, 0.1) is 11.3 Å². The molecule has 0 aliphatic carbocycles. The first kappa shape index (κ1) is 13.3. The van der Waals surface area contributed by atoms with E-state index in [0.717, 1.165) is 0 Å². The van der Waals surface area contributed by atoms with Gasteiger partial charge >= 0.3 is 6.18 Å². The van der Waals surface area contributed by atoms with E-state index in [-0.39, 0.29) is 0 Å². The third kappa shape index (κ3) is 2.50. The van der Waals surface area contributed by atoms with Crippen molar-refractivity contribution < 1.29 is 27.1 Å². The van der Waals surface area contributed by atoms with E-state index in [0.29, 0.717) is 6.20 Å². The Labute approximate surface area is 92.1 Å². The van der Waals surface area contributed by atoms with Gasteiger partial charge < -0.3 is 5.11 Å². The first-order valence-electron chi connectivity index (χ1n) is 4.21. The largest absolute Gasteiger partial charge is 0.418 e. The number of aromatic nitrogens is 1. The first-order valence-corrected chi connectivity index (χ1v) is 4.21. The number of nitriles is 1. The number of nitrogens with zero attached hydrogens (tertiary/aromatic N) is 2. The first-order chi connectivity index (χ1) is 7.82. The summed E-state index contributed by atoms with van der Waals surface area (Å²) in [6, 6.07) is 1.20. The summed E-state index contributed by atoms with van der Waals surface area (Å²) in [4.78, 5) is 3.06. The van der Waals surface area contributed by atoms with Crippen molar-refractivity contribution >= 4 is 0 Å². The minimum absolute atomic E-state index is 0.420. The Hall–Kier alpha value is -1.75. The lowest BCUT2D eigenvalue weighted by Gasteiger charge is -2.15. The van der Waals surface area contributed by atoms with Crippen LogP contribution in [-0.4, -0.2) is 10.1 Å². The molecule has 1 rings (SSSR count). The Bertz CT molecular complexity index is 464. The molecule has 1 N–H and O–H groups in total. The van der Waals surface area contributed by atoms with Crippen LogP contribution < -0.4 is 0 Å². The second kappa shape index (κ2) is 4.63. The van der Waals surface area contributed by atoms with E-state index in [1.165, 1.54) is 6.07 Å². The van der Waals surface area contributed by atoms with Crippen LogP contribution >= 0.6 is 0 Å². The average molecular weight is 252 g/mol. The summed E-state index contributed by atoms with van der Waals surface area (Å²) in [6.45, 7) is -1.27. The number of alkyl halides is 5. The lowest BCUT2D eigenvalue weighted by Crippen LogP contribution is -2.15. The Morgan fingerprint density at radius 1 is 1.41 bits per heavy atom. The quantitative estimate of drug-likeness (QED) is 0.822. The third-order valence-corrected chi connectivity index (χ3v) is 1.98. The zero-order valence-corrected chi connectivity index (χ0v) is 8.09. The zero-order valence-electron chi connectivity index (χ0n) is 8.09. The predicted octanol–water partition coefficient (Wildman–Crippen LogP) is 2.40. The van der Waals surface area contributed by atoms with Crippen molar-refractivity contribution in [2.24, 2.45) is 0 Å². The van der Waals surface area contributed by atoms with Crippen LogP contribution in [0.2, 0.25) is 0 Å². The molecule has 0 aromatic carbocycles. The highest BCUT2D eigenvalue weighted by atomic mass is 19.4. The molecule has 0 atom stereocenters. The smallest absolute Gasteiger partial charge is 0.392 e. The Kier molecular flexibility index (Phi) is 3.63. The highest BCUT2D eigenvalue weighted by molar-refractivity contribution is 5.45. The van der Waals surface area contributed by atoms with E-state index in [2.05, 4.69) is 4.98 Å². The molecule has 3 nitrogen and oxygen atoms in total. The van der Waals surface area contributed by atoms with Gasteiger partial charge in [0.1, 0.15) is 11.8 Å². The van der Waals surface area contributed by atoms with Crippen LogP contribution in [0.25, 0.3) is 0 Å². The number of halogens is 5. The van der Waals surface area contributed by atoms with Crippen molar-refractivity contribution in [3.05, 3.63) is 28.6 Å². The lowest BCUT2D eigenvalue weighted by molar-refractivity contribution is -0.139. The normalized spacial score (nSPS) is 11.6. The van der Waals surface area contributed by atoms with Gasteiger partial charge in [0, 0.05) is 11.8 Å². The fourth-order valence-corrected chi connectivity index (χ4v) is 1.32. The average Bonchev–Trinajstić information content (AvgIpc) is 2.25. The third-order valence-electron chi connectivity index (χ3n) is 1.98. The number of rotatable bonds is 2. The van der Waals surface area contributed by atoms with Gasteiger partial charge in [-0.25, -0.2) is 8.78 Å². The monoisotopic (exact) mass is 252 g/mol. The minimum Gasteiger partial charge on any atom is -0.392 e. The van der Waals surface area contributed by atoms with Gasteiger partial charge in [-0.2, -0.15) is 18.4 Å². The molecule has 0 bridgehead atoms. The van der Waals surface area contributed by atoms with Crippen molar-refractivity contribution in [2.75, 3.05) is 0 Å². The Morgan fingerprint density at radius 3 is 2.35 bits per heavy atom. The van der Waals surface area contributed by atoms with Crippen molar-refractivity contribution in [1.29, 1.82) is 5.26 Å². The SMILES string of the molecule is N#Cc1cnc(C(F)F)c(CO)c1C(F)(F)F. The van der Waals surface area contributed by atoms with Gasteiger partial charge in [-0.15, -0.1) is 0 Å². The topological polar surface area (TPSA) is 56.9 Å². The van der Waals surface area contributed by atoms with Crippen LogP contribution in [0.15, 0.2) is 6.20 Å². The highest BCUT2D eigenvalue weighted by Crippen LogP contribution is 2.37. The molecule has 92 valence electrons. The molecule has 0 aliphatic rings. The predicted molar refractivity (Wildman–Crippen MR) is 44.8 cm³/mol. The molecular weight excluding hydrogens is 247 g/mol. The summed E-state index contributed by atoms with van der Waals surface area (Å²) in [5.41, 5.74) is -4.69. The van der Waals surface area contributed by atoms with Crippen molar-refractivity contribution in [2.45, 2.75) is 19.2 Å². The number of hydrogen-bond donors (Lipinski definition) is 1. The number of aliphatic hydroxyl groups is 1. The maximum absolute atomic E-state index is 12.6. The molecule has 0 saturated heterocycles. The fourth-order valence-electron chi connectivity index (χ4n) is 1.32. The zero-order chi connectivity index (χ0) is 13.2. The molecule has 0 fully saturated rings. The van der Waals surface area contributed by atoms with E-state index in [1.54, 1.807) is 0 Å². The molecule has 0 saturated carbocycles. The molecule has 8 heteroatoms. The van der Waals surface area contributed by atoms with Crippen LogP contribution in [0.5, 0.6) is 0 Å². The molecule has 0 aliphatic heterocycles. The molecule has 0 radical (unpaired) electrons. The molecule has 1 aromatic rings. The summed E-state index contributed by atoms with van der Waals surface area (Å²) in [7, 11) is 0. The molecule has 1 aromatic heterocycles. The van der Waals surface area contributed by atoms with E-state index in [4.69, 9.17) is 10.4 Å². The minimum atomic E-state index is -5.00. The van der Waals surface area contributed by atoms with Crippen LogP contribution in [0.3, 0.4) is 0 Å². The summed E-state index contributed by atoms with van der Waals surface area (Å²) >= 11 is 0. The van der Waals surface area contributed by atoms with Gasteiger partial charge in [-0.05, 0) is 0 Å². The maximum Gasteiger partial charge on any atom is 0.418 e. The summed E-state index contributed by atoms with van der Waals surface area (Å²) < 4.78 is 62.6. The van der Waals surface area contributed by atoms with E-state index < -0.39 is 41.6 Å². The standard InChI is InChI=1S/C9H5F5N2O/c10-8(11)7-5(3-17)6(9(12,13)14)4(1-15)2-16-7/h2,8,17H,3H2. The van der Waals surface area contributed by atoms with Crippen LogP contribution in [0.4, 0.5) is 22.0 Å². The molecule has 0 unspecified atom stereocenters. The van der Waals surface area contributed by atoms with E-state index >= 15 is 0 Å². The molecule has 17 heavy (non-hydrogen) atoms. The summed E-state index contributed by atoms with van der Waals surface area (Å²) in [5, 5.41) is 17.2. The van der Waals surface area contributed by atoms with Gasteiger partial charge in [-0.3, -0.25) is 4.98 Å². The second-order valence-corrected chi connectivity index (χ2v) is 2.98. The van der Waals surface area contributed by atoms with E-state index in [1.807, 2.05) is 0 Å². The Morgan fingerprint density at radius 2 is 2.00 bits per heavy atom. The van der Waals surface area contributed by atoms with Crippen LogP contribution in [0.1, 0.15) is 28.8 Å². The van der Waals surface area contributed by atoms with Gasteiger partial charge in [-0.1, -0.05) is 0 Å². The van der Waals surface area contributed by atoms with Gasteiger partial charge in [0.05, 0.1) is 17.7 Å². The van der Waals surface area contributed by atoms with Gasteiger partial charge in [0.15, 0.2) is 0 Å².